The summed E-state index contributed by atoms with van der Waals surface area (Å²) in [5.74, 6) is 0.480. The highest BCUT2D eigenvalue weighted by Crippen LogP contribution is 2.39. The maximum absolute atomic E-state index is 12.8. The van der Waals surface area contributed by atoms with Gasteiger partial charge < -0.3 is 5.73 Å². The lowest BCUT2D eigenvalue weighted by Gasteiger charge is -2.19. The van der Waals surface area contributed by atoms with E-state index in [1.807, 2.05) is 0 Å². The Morgan fingerprint density at radius 1 is 1.13 bits per heavy atom. The van der Waals surface area contributed by atoms with Crippen LogP contribution in [0.4, 0.5) is 0 Å². The Morgan fingerprint density at radius 2 is 1.83 bits per heavy atom. The Hall–Kier alpha value is -0.960. The Kier molecular flexibility index (Phi) is 4.29. The summed E-state index contributed by atoms with van der Waals surface area (Å²) in [5, 5.41) is 0. The zero-order valence-corrected chi connectivity index (χ0v) is 14.7. The van der Waals surface area contributed by atoms with Gasteiger partial charge in [0.1, 0.15) is 0 Å². The summed E-state index contributed by atoms with van der Waals surface area (Å²) < 4.78 is 51.1. The van der Waals surface area contributed by atoms with Gasteiger partial charge in [-0.25, -0.2) is 16.8 Å². The lowest BCUT2D eigenvalue weighted by atomic mass is 9.98. The van der Waals surface area contributed by atoms with Gasteiger partial charge in [0.05, 0.1) is 15.5 Å². The van der Waals surface area contributed by atoms with Gasteiger partial charge in [-0.05, 0) is 42.9 Å². The van der Waals surface area contributed by atoms with Crippen molar-refractivity contribution < 1.29 is 16.8 Å². The van der Waals surface area contributed by atoms with Crippen LogP contribution < -0.4 is 5.73 Å². The highest BCUT2D eigenvalue weighted by molar-refractivity contribution is 7.91. The molecule has 6 nitrogen and oxygen atoms in total. The number of hydrogen-bond donors (Lipinski definition) is 1. The molecule has 1 saturated heterocycles. The highest BCUT2D eigenvalue weighted by Gasteiger charge is 2.45. The number of hydrogen-bond acceptors (Lipinski definition) is 5. The second-order valence-electron chi connectivity index (χ2n) is 6.37. The quantitative estimate of drug-likeness (QED) is 0.860. The third-order valence-corrected chi connectivity index (χ3v) is 8.62. The minimum atomic E-state index is -3.68. The molecule has 1 aliphatic heterocycles. The normalized spacial score (nSPS) is 28.9. The van der Waals surface area contributed by atoms with E-state index in [9.17, 15) is 16.8 Å². The molecule has 8 heteroatoms. The summed E-state index contributed by atoms with van der Waals surface area (Å²) in [6.07, 6.45) is 1.91. The summed E-state index contributed by atoms with van der Waals surface area (Å²) >= 11 is 0. The van der Waals surface area contributed by atoms with Crippen molar-refractivity contribution in [2.24, 2.45) is 17.6 Å². The third kappa shape index (κ3) is 2.93. The van der Waals surface area contributed by atoms with Crippen LogP contribution in [0.3, 0.4) is 0 Å². The molecular weight excluding hydrogens is 336 g/mol. The smallest absolute Gasteiger partial charge is 0.243 e. The predicted octanol–water partition coefficient (Wildman–Crippen LogP) is 0.838. The number of nitrogens with two attached hydrogens (primary N) is 1. The monoisotopic (exact) mass is 358 g/mol. The predicted molar refractivity (Wildman–Crippen MR) is 87.1 cm³/mol. The van der Waals surface area contributed by atoms with Crippen molar-refractivity contribution in [2.75, 3.05) is 18.8 Å². The van der Waals surface area contributed by atoms with Crippen molar-refractivity contribution >= 4 is 19.9 Å². The number of nitrogens with zero attached hydrogens (tertiary/aromatic N) is 1. The van der Waals surface area contributed by atoms with Gasteiger partial charge in [-0.1, -0.05) is 13.0 Å². The second-order valence-corrected chi connectivity index (χ2v) is 10.6. The van der Waals surface area contributed by atoms with Crippen molar-refractivity contribution in [2.45, 2.75) is 35.6 Å². The van der Waals surface area contributed by atoms with E-state index in [2.05, 4.69) is 0 Å². The molecule has 2 N–H and O–H groups in total. The van der Waals surface area contributed by atoms with Crippen LogP contribution in [-0.2, 0) is 19.9 Å². The standard InChI is InChI=1S/C15H22N2O4S2/c1-2-22(18,19)12-4-3-5-13(8-12)23(20,21)17-9-11-6-7-15(16)14(11)10-17/h3-5,8,11,14-15H,2,6-7,9-10,16H2,1H3. The lowest BCUT2D eigenvalue weighted by molar-refractivity contribution is 0.427. The first kappa shape index (κ1) is 16.9. The third-order valence-electron chi connectivity index (χ3n) is 5.06. The van der Waals surface area contributed by atoms with E-state index >= 15 is 0 Å². The Morgan fingerprint density at radius 3 is 2.48 bits per heavy atom. The minimum Gasteiger partial charge on any atom is -0.327 e. The van der Waals surface area contributed by atoms with E-state index < -0.39 is 19.9 Å². The molecule has 3 atom stereocenters. The summed E-state index contributed by atoms with van der Waals surface area (Å²) in [6, 6.07) is 5.71. The van der Waals surface area contributed by atoms with Crippen molar-refractivity contribution in [1.29, 1.82) is 0 Å². The van der Waals surface area contributed by atoms with Gasteiger partial charge >= 0.3 is 0 Å². The van der Waals surface area contributed by atoms with Crippen molar-refractivity contribution in [1.82, 2.24) is 4.31 Å². The van der Waals surface area contributed by atoms with Gasteiger partial charge in [0.25, 0.3) is 0 Å². The molecule has 3 rings (SSSR count). The van der Waals surface area contributed by atoms with E-state index in [4.69, 9.17) is 5.73 Å². The number of benzene rings is 1. The summed E-state index contributed by atoms with van der Waals surface area (Å²) in [5.41, 5.74) is 6.06. The maximum Gasteiger partial charge on any atom is 0.243 e. The average molecular weight is 358 g/mol. The van der Waals surface area contributed by atoms with Crippen LogP contribution in [0.15, 0.2) is 34.1 Å². The van der Waals surface area contributed by atoms with Gasteiger partial charge in [-0.2, -0.15) is 4.31 Å². The fraction of sp³-hybridized carbons (Fsp3) is 0.600. The van der Waals surface area contributed by atoms with Crippen molar-refractivity contribution in [3.05, 3.63) is 24.3 Å². The molecule has 1 aromatic rings. The van der Waals surface area contributed by atoms with Crippen molar-refractivity contribution in [3.8, 4) is 0 Å². The van der Waals surface area contributed by atoms with Gasteiger partial charge in [0.2, 0.25) is 10.0 Å². The van der Waals surface area contributed by atoms with Crippen LogP contribution in [0.5, 0.6) is 0 Å². The number of rotatable bonds is 4. The first-order valence-electron chi connectivity index (χ1n) is 7.84. The molecule has 23 heavy (non-hydrogen) atoms. The number of sulfonamides is 1. The fourth-order valence-corrected chi connectivity index (χ4v) is 6.19. The first-order valence-corrected chi connectivity index (χ1v) is 10.9. The molecule has 0 aromatic heterocycles. The molecule has 0 spiro atoms. The zero-order chi connectivity index (χ0) is 16.8. The lowest BCUT2D eigenvalue weighted by Crippen LogP contribution is -2.33. The number of sulfone groups is 1. The molecule has 1 aliphatic carbocycles. The molecule has 128 valence electrons. The highest BCUT2D eigenvalue weighted by atomic mass is 32.2. The van der Waals surface area contributed by atoms with Crippen LogP contribution in [0.2, 0.25) is 0 Å². The molecule has 0 bridgehead atoms. The Balaban J connectivity index is 1.91. The van der Waals surface area contributed by atoms with Crippen LogP contribution in [0.1, 0.15) is 19.8 Å². The van der Waals surface area contributed by atoms with E-state index in [0.717, 1.165) is 12.8 Å². The summed E-state index contributed by atoms with van der Waals surface area (Å²) in [7, 11) is -7.11. The molecule has 0 radical (unpaired) electrons. The largest absolute Gasteiger partial charge is 0.327 e. The molecule has 1 heterocycles. The zero-order valence-electron chi connectivity index (χ0n) is 13.1. The fourth-order valence-electron chi connectivity index (χ4n) is 3.61. The van der Waals surface area contributed by atoms with Gasteiger partial charge in [0.15, 0.2) is 9.84 Å². The van der Waals surface area contributed by atoms with E-state index in [1.165, 1.54) is 28.6 Å². The topological polar surface area (TPSA) is 97.5 Å². The van der Waals surface area contributed by atoms with Gasteiger partial charge in [-0.3, -0.25) is 0 Å². The first-order chi connectivity index (χ1) is 10.8. The second kappa shape index (κ2) is 5.84. The Labute approximate surface area is 137 Å². The summed E-state index contributed by atoms with van der Waals surface area (Å²) in [6.45, 7) is 2.45. The molecule has 1 saturated carbocycles. The molecular formula is C15H22N2O4S2. The molecule has 3 unspecified atom stereocenters. The molecule has 2 aliphatic rings. The minimum absolute atomic E-state index is 0.0422. The molecule has 1 aromatic carbocycles. The van der Waals surface area contributed by atoms with Crippen LogP contribution in [0.25, 0.3) is 0 Å². The van der Waals surface area contributed by atoms with Crippen LogP contribution in [0, 0.1) is 11.8 Å². The van der Waals surface area contributed by atoms with E-state index in [1.54, 1.807) is 6.92 Å². The molecule has 2 fully saturated rings. The summed E-state index contributed by atoms with van der Waals surface area (Å²) in [4.78, 5) is 0.0951. The molecule has 0 amide bonds. The average Bonchev–Trinajstić information content (AvgIpc) is 3.10. The number of fused-ring (bicyclic) bond motifs is 1. The van der Waals surface area contributed by atoms with E-state index in [0.29, 0.717) is 19.0 Å². The SMILES string of the molecule is CCS(=O)(=O)c1cccc(S(=O)(=O)N2CC3CCC(N)C3C2)c1. The van der Waals surface area contributed by atoms with Crippen molar-refractivity contribution in [3.63, 3.8) is 0 Å². The maximum atomic E-state index is 12.8. The van der Waals surface area contributed by atoms with Crippen LogP contribution in [-0.4, -0.2) is 46.0 Å². The van der Waals surface area contributed by atoms with Gasteiger partial charge in [-0.15, -0.1) is 0 Å². The van der Waals surface area contributed by atoms with Crippen LogP contribution >= 0.6 is 0 Å². The van der Waals surface area contributed by atoms with Gasteiger partial charge in [0, 0.05) is 19.1 Å². The Bertz CT molecular complexity index is 805. The van der Waals surface area contributed by atoms with E-state index in [-0.39, 0.29) is 27.5 Å².